The fraction of sp³-hybridized carbons (Fsp3) is 0.292. The van der Waals surface area contributed by atoms with Crippen molar-refractivity contribution in [3.8, 4) is 11.1 Å². The highest BCUT2D eigenvalue weighted by atomic mass is 19.1. The maximum absolute atomic E-state index is 14.3. The Morgan fingerprint density at radius 1 is 1.00 bits per heavy atom. The SMILES string of the molecule is C=O.C[C@@H](c1cc(-c2cc(F)ccc2F)cn1Cc1ccccc1)C(C)(C)C. The molecule has 3 aromatic rings. The Kier molecular flexibility index (Phi) is 6.90. The summed E-state index contributed by atoms with van der Waals surface area (Å²) in [6, 6.07) is 15.8. The highest BCUT2D eigenvalue weighted by Gasteiger charge is 2.25. The van der Waals surface area contributed by atoms with Crippen LogP contribution in [-0.4, -0.2) is 11.4 Å². The second-order valence-corrected chi connectivity index (χ2v) is 7.98. The van der Waals surface area contributed by atoms with Crippen LogP contribution in [0.4, 0.5) is 8.78 Å². The first-order valence-electron chi connectivity index (χ1n) is 9.24. The van der Waals surface area contributed by atoms with E-state index >= 15 is 0 Å². The summed E-state index contributed by atoms with van der Waals surface area (Å²) in [5.41, 5.74) is 3.38. The van der Waals surface area contributed by atoms with Gasteiger partial charge in [-0.15, -0.1) is 0 Å². The van der Waals surface area contributed by atoms with Crippen molar-refractivity contribution in [3.63, 3.8) is 0 Å². The van der Waals surface area contributed by atoms with Gasteiger partial charge < -0.3 is 9.36 Å². The number of hydrogen-bond acceptors (Lipinski definition) is 1. The van der Waals surface area contributed by atoms with Crippen LogP contribution < -0.4 is 0 Å². The minimum absolute atomic E-state index is 0.0601. The molecule has 4 heteroatoms. The van der Waals surface area contributed by atoms with Gasteiger partial charge in [-0.05, 0) is 35.2 Å². The molecule has 2 nitrogen and oxygen atoms in total. The van der Waals surface area contributed by atoms with Gasteiger partial charge >= 0.3 is 0 Å². The predicted octanol–water partition coefficient (Wildman–Crippen LogP) is 6.45. The van der Waals surface area contributed by atoms with E-state index < -0.39 is 11.6 Å². The van der Waals surface area contributed by atoms with Gasteiger partial charge in [0.15, 0.2) is 0 Å². The van der Waals surface area contributed by atoms with E-state index in [2.05, 4.69) is 44.4 Å². The van der Waals surface area contributed by atoms with Crippen molar-refractivity contribution in [3.05, 3.63) is 83.7 Å². The van der Waals surface area contributed by atoms with Gasteiger partial charge in [0.2, 0.25) is 0 Å². The van der Waals surface area contributed by atoms with Crippen molar-refractivity contribution < 1.29 is 13.6 Å². The Labute approximate surface area is 165 Å². The molecule has 2 aromatic carbocycles. The quantitative estimate of drug-likeness (QED) is 0.508. The van der Waals surface area contributed by atoms with Gasteiger partial charge in [0, 0.05) is 35.5 Å². The van der Waals surface area contributed by atoms with E-state index in [4.69, 9.17) is 4.79 Å². The molecule has 1 heterocycles. The molecule has 0 aliphatic carbocycles. The molecule has 0 saturated carbocycles. The summed E-state index contributed by atoms with van der Waals surface area (Å²) in [6.07, 6.45) is 1.93. The Hall–Kier alpha value is -2.75. The zero-order valence-corrected chi connectivity index (χ0v) is 16.9. The lowest BCUT2D eigenvalue weighted by Crippen LogP contribution is -2.18. The lowest BCUT2D eigenvalue weighted by molar-refractivity contribution is -0.0979. The molecule has 1 atom stereocenters. The standard InChI is InChI=1S/C23H25F2N.CH2O/c1-16(23(2,3)4)22-12-18(20-13-19(24)10-11-21(20)25)15-26(22)14-17-8-6-5-7-9-17;1-2/h5-13,15-16H,14H2,1-4H3;1H2/t16-;/m0./s1. The summed E-state index contributed by atoms with van der Waals surface area (Å²) in [5.74, 6) is -0.572. The third-order valence-corrected chi connectivity index (χ3v) is 5.11. The van der Waals surface area contributed by atoms with E-state index in [1.165, 1.54) is 17.7 Å². The predicted molar refractivity (Wildman–Crippen MR) is 110 cm³/mol. The van der Waals surface area contributed by atoms with Gasteiger partial charge in [-0.1, -0.05) is 58.0 Å². The molecule has 0 unspecified atom stereocenters. The maximum Gasteiger partial charge on any atom is 0.131 e. The summed E-state index contributed by atoms with van der Waals surface area (Å²) in [7, 11) is 0. The third-order valence-electron chi connectivity index (χ3n) is 5.11. The number of halogens is 2. The second kappa shape index (κ2) is 8.96. The van der Waals surface area contributed by atoms with Crippen molar-refractivity contribution in [2.24, 2.45) is 5.41 Å². The molecule has 0 radical (unpaired) electrons. The molecular weight excluding hydrogens is 356 g/mol. The van der Waals surface area contributed by atoms with Crippen LogP contribution in [-0.2, 0) is 11.3 Å². The normalized spacial score (nSPS) is 12.2. The summed E-state index contributed by atoms with van der Waals surface area (Å²) >= 11 is 0. The first-order chi connectivity index (χ1) is 13.3. The lowest BCUT2D eigenvalue weighted by atomic mass is 9.80. The Morgan fingerprint density at radius 2 is 1.64 bits per heavy atom. The van der Waals surface area contributed by atoms with Crippen molar-refractivity contribution >= 4 is 6.79 Å². The number of rotatable bonds is 4. The topological polar surface area (TPSA) is 22.0 Å². The molecule has 3 rings (SSSR count). The van der Waals surface area contributed by atoms with Gasteiger partial charge in [-0.3, -0.25) is 0 Å². The number of carbonyl (C=O) groups is 1. The van der Waals surface area contributed by atoms with Crippen LogP contribution >= 0.6 is 0 Å². The molecule has 0 bridgehead atoms. The number of aromatic nitrogens is 1. The Morgan fingerprint density at radius 3 is 2.25 bits per heavy atom. The third kappa shape index (κ3) is 4.94. The second-order valence-electron chi connectivity index (χ2n) is 7.98. The van der Waals surface area contributed by atoms with Crippen LogP contribution in [0, 0.1) is 17.0 Å². The maximum atomic E-state index is 14.3. The van der Waals surface area contributed by atoms with E-state index in [0.29, 0.717) is 17.7 Å². The molecule has 1 aromatic heterocycles. The summed E-state index contributed by atoms with van der Waals surface area (Å²) in [5, 5.41) is 0. The number of benzene rings is 2. The van der Waals surface area contributed by atoms with Gasteiger partial charge in [0.1, 0.15) is 18.4 Å². The van der Waals surface area contributed by atoms with Crippen LogP contribution in [0.5, 0.6) is 0 Å². The fourth-order valence-corrected chi connectivity index (χ4v) is 3.12. The van der Waals surface area contributed by atoms with Crippen LogP contribution in [0.15, 0.2) is 60.8 Å². The number of nitrogens with zero attached hydrogens (tertiary/aromatic N) is 1. The smallest absolute Gasteiger partial charge is 0.131 e. The summed E-state index contributed by atoms with van der Waals surface area (Å²) in [6.45, 7) is 11.5. The van der Waals surface area contributed by atoms with E-state index in [0.717, 1.165) is 11.8 Å². The molecule has 148 valence electrons. The molecule has 28 heavy (non-hydrogen) atoms. The van der Waals surface area contributed by atoms with Gasteiger partial charge in [-0.25, -0.2) is 8.78 Å². The minimum atomic E-state index is -0.428. The van der Waals surface area contributed by atoms with Crippen LogP contribution in [0.2, 0.25) is 0 Å². The Balaban J connectivity index is 0.00000136. The van der Waals surface area contributed by atoms with E-state index in [1.807, 2.05) is 37.3 Å². The first kappa shape index (κ1) is 21.5. The van der Waals surface area contributed by atoms with Crippen LogP contribution in [0.25, 0.3) is 11.1 Å². The van der Waals surface area contributed by atoms with Gasteiger partial charge in [0.05, 0.1) is 0 Å². The van der Waals surface area contributed by atoms with Crippen molar-refractivity contribution in [1.29, 1.82) is 0 Å². The van der Waals surface area contributed by atoms with Crippen LogP contribution in [0.1, 0.15) is 44.9 Å². The average Bonchev–Trinajstić information content (AvgIpc) is 3.08. The fourth-order valence-electron chi connectivity index (χ4n) is 3.12. The number of hydrogen-bond donors (Lipinski definition) is 0. The average molecular weight is 383 g/mol. The monoisotopic (exact) mass is 383 g/mol. The largest absolute Gasteiger partial charge is 0.346 e. The van der Waals surface area contributed by atoms with Crippen molar-refractivity contribution in [1.82, 2.24) is 4.57 Å². The summed E-state index contributed by atoms with van der Waals surface area (Å²) < 4.78 is 30.1. The number of carbonyl (C=O) groups excluding carboxylic acids is 1. The summed E-state index contributed by atoms with van der Waals surface area (Å²) in [4.78, 5) is 8.00. The molecule has 0 aliphatic rings. The minimum Gasteiger partial charge on any atom is -0.346 e. The highest BCUT2D eigenvalue weighted by molar-refractivity contribution is 5.65. The van der Waals surface area contributed by atoms with Gasteiger partial charge in [-0.2, -0.15) is 0 Å². The molecular formula is C24H27F2NO. The van der Waals surface area contributed by atoms with E-state index in [9.17, 15) is 8.78 Å². The Bertz CT molecular complexity index is 910. The zero-order chi connectivity index (χ0) is 20.9. The van der Waals surface area contributed by atoms with Gasteiger partial charge in [0.25, 0.3) is 0 Å². The van der Waals surface area contributed by atoms with E-state index in [1.54, 1.807) is 0 Å². The highest BCUT2D eigenvalue weighted by Crippen LogP contribution is 2.38. The van der Waals surface area contributed by atoms with E-state index in [-0.39, 0.29) is 11.3 Å². The molecule has 0 amide bonds. The van der Waals surface area contributed by atoms with Crippen molar-refractivity contribution in [2.45, 2.75) is 40.2 Å². The molecule has 0 spiro atoms. The molecule has 0 saturated heterocycles. The van der Waals surface area contributed by atoms with Crippen LogP contribution in [0.3, 0.4) is 0 Å². The lowest BCUT2D eigenvalue weighted by Gasteiger charge is -2.28. The molecule has 0 fully saturated rings. The first-order valence-corrected chi connectivity index (χ1v) is 9.24. The van der Waals surface area contributed by atoms with Crippen molar-refractivity contribution in [2.75, 3.05) is 0 Å². The molecule has 0 aliphatic heterocycles. The molecule has 0 N–H and O–H groups in total. The zero-order valence-electron chi connectivity index (χ0n) is 16.9.